The van der Waals surface area contributed by atoms with Crippen LogP contribution in [0.25, 0.3) is 0 Å². The van der Waals surface area contributed by atoms with Gasteiger partial charge in [-0.2, -0.15) is 0 Å². The van der Waals surface area contributed by atoms with Crippen LogP contribution in [0.2, 0.25) is 0 Å². The van der Waals surface area contributed by atoms with Crippen LogP contribution in [0.1, 0.15) is 39.3 Å². The number of hydrogen-bond acceptors (Lipinski definition) is 3. The first kappa shape index (κ1) is 13.6. The van der Waals surface area contributed by atoms with Gasteiger partial charge in [0.1, 0.15) is 5.54 Å². The van der Waals surface area contributed by atoms with E-state index in [9.17, 15) is 9.90 Å². The van der Waals surface area contributed by atoms with Gasteiger partial charge in [0.05, 0.1) is 0 Å². The van der Waals surface area contributed by atoms with E-state index in [1.54, 1.807) is 26.2 Å². The van der Waals surface area contributed by atoms with Gasteiger partial charge in [0, 0.05) is 18.4 Å². The topological polar surface area (TPSA) is 53.4 Å². The van der Waals surface area contributed by atoms with Crippen molar-refractivity contribution in [2.45, 2.75) is 39.3 Å². The highest BCUT2D eigenvalue weighted by Crippen LogP contribution is 2.27. The van der Waals surface area contributed by atoms with E-state index in [2.05, 4.69) is 4.98 Å². The van der Waals surface area contributed by atoms with Gasteiger partial charge < -0.3 is 5.11 Å². The molecule has 1 aromatic rings. The molecule has 1 N–H and O–H groups in total. The summed E-state index contributed by atoms with van der Waals surface area (Å²) in [7, 11) is 0. The van der Waals surface area contributed by atoms with Crippen LogP contribution in [0.4, 0.5) is 0 Å². The minimum absolute atomic E-state index is 0.0276. The van der Waals surface area contributed by atoms with Crippen molar-refractivity contribution >= 4 is 5.97 Å². The standard InChI is InChI=1S/C13H20N2O2/c1-5-15(13(3,4)12(16)17)10(2)11-7-6-8-14-9-11/h6-10H,5H2,1-4H3,(H,16,17). The van der Waals surface area contributed by atoms with Crippen LogP contribution < -0.4 is 0 Å². The summed E-state index contributed by atoms with van der Waals surface area (Å²) in [4.78, 5) is 17.3. The molecule has 0 saturated carbocycles. The van der Waals surface area contributed by atoms with E-state index in [-0.39, 0.29) is 6.04 Å². The highest BCUT2D eigenvalue weighted by atomic mass is 16.4. The van der Waals surface area contributed by atoms with Gasteiger partial charge >= 0.3 is 5.97 Å². The lowest BCUT2D eigenvalue weighted by Crippen LogP contribution is -2.51. The summed E-state index contributed by atoms with van der Waals surface area (Å²) in [6.45, 7) is 8.11. The predicted molar refractivity (Wildman–Crippen MR) is 66.7 cm³/mol. The Balaban J connectivity index is 3.00. The monoisotopic (exact) mass is 236 g/mol. The molecular formula is C13H20N2O2. The fourth-order valence-electron chi connectivity index (χ4n) is 2.08. The lowest BCUT2D eigenvalue weighted by Gasteiger charge is -2.38. The normalized spacial score (nSPS) is 13.7. The van der Waals surface area contributed by atoms with Crippen LogP contribution in [0.5, 0.6) is 0 Å². The zero-order valence-electron chi connectivity index (χ0n) is 10.8. The third-order valence-electron chi connectivity index (χ3n) is 3.22. The van der Waals surface area contributed by atoms with Gasteiger partial charge in [-0.05, 0) is 38.9 Å². The summed E-state index contributed by atoms with van der Waals surface area (Å²) in [6, 6.07) is 3.87. The Morgan fingerprint density at radius 2 is 2.24 bits per heavy atom. The predicted octanol–water partition coefficient (Wildman–Crippen LogP) is 2.33. The second-order valence-electron chi connectivity index (χ2n) is 4.61. The second-order valence-corrected chi connectivity index (χ2v) is 4.61. The van der Waals surface area contributed by atoms with Gasteiger partial charge in [0.25, 0.3) is 0 Å². The molecule has 4 nitrogen and oxygen atoms in total. The molecule has 0 aliphatic rings. The fraction of sp³-hybridized carbons (Fsp3) is 0.538. The Bertz CT molecular complexity index is 376. The zero-order chi connectivity index (χ0) is 13.1. The van der Waals surface area contributed by atoms with Gasteiger partial charge in [-0.3, -0.25) is 14.7 Å². The fourth-order valence-corrected chi connectivity index (χ4v) is 2.08. The number of carboxylic acids is 1. The SMILES string of the molecule is CCN(C(C)c1cccnc1)C(C)(C)C(=O)O. The first-order valence-electron chi connectivity index (χ1n) is 5.81. The molecule has 0 amide bonds. The molecule has 0 saturated heterocycles. The first-order valence-corrected chi connectivity index (χ1v) is 5.81. The number of carboxylic acid groups (broad SMARTS) is 1. The molecule has 1 heterocycles. The molecular weight excluding hydrogens is 216 g/mol. The van der Waals surface area contributed by atoms with Crippen LogP contribution in [0.15, 0.2) is 24.5 Å². The summed E-state index contributed by atoms with van der Waals surface area (Å²) in [5.41, 5.74) is 0.146. The molecule has 1 unspecified atom stereocenters. The van der Waals surface area contributed by atoms with Crippen molar-refractivity contribution in [2.24, 2.45) is 0 Å². The molecule has 0 spiro atoms. The van der Waals surface area contributed by atoms with Gasteiger partial charge in [-0.1, -0.05) is 13.0 Å². The lowest BCUT2D eigenvalue weighted by atomic mass is 9.98. The number of hydrogen-bond donors (Lipinski definition) is 1. The number of likely N-dealkylation sites (N-methyl/N-ethyl adjacent to an activating group) is 1. The maximum absolute atomic E-state index is 11.3. The number of carbonyl (C=O) groups is 1. The van der Waals surface area contributed by atoms with Crippen molar-refractivity contribution in [1.29, 1.82) is 0 Å². The van der Waals surface area contributed by atoms with Crippen molar-refractivity contribution in [3.63, 3.8) is 0 Å². The zero-order valence-corrected chi connectivity index (χ0v) is 10.8. The quantitative estimate of drug-likeness (QED) is 0.852. The van der Waals surface area contributed by atoms with Crippen LogP contribution >= 0.6 is 0 Å². The molecule has 4 heteroatoms. The number of aliphatic carboxylic acids is 1. The van der Waals surface area contributed by atoms with E-state index >= 15 is 0 Å². The summed E-state index contributed by atoms with van der Waals surface area (Å²) in [5.74, 6) is -0.810. The molecule has 0 bridgehead atoms. The summed E-state index contributed by atoms with van der Waals surface area (Å²) in [5, 5.41) is 9.28. The third kappa shape index (κ3) is 2.82. The Kier molecular flexibility index (Phi) is 4.23. The molecule has 0 fully saturated rings. The molecule has 1 atom stereocenters. The Morgan fingerprint density at radius 1 is 1.59 bits per heavy atom. The van der Waals surface area contributed by atoms with Crippen molar-refractivity contribution < 1.29 is 9.90 Å². The van der Waals surface area contributed by atoms with Crippen LogP contribution in [0, 0.1) is 0 Å². The average molecular weight is 236 g/mol. The minimum Gasteiger partial charge on any atom is -0.480 e. The van der Waals surface area contributed by atoms with Crippen LogP contribution in [0.3, 0.4) is 0 Å². The van der Waals surface area contributed by atoms with Gasteiger partial charge in [0.2, 0.25) is 0 Å². The minimum atomic E-state index is -0.885. The number of aromatic nitrogens is 1. The molecule has 0 aromatic carbocycles. The summed E-state index contributed by atoms with van der Waals surface area (Å²) < 4.78 is 0. The summed E-state index contributed by atoms with van der Waals surface area (Å²) in [6.07, 6.45) is 3.50. The Morgan fingerprint density at radius 3 is 2.65 bits per heavy atom. The Hall–Kier alpha value is -1.42. The smallest absolute Gasteiger partial charge is 0.323 e. The van der Waals surface area contributed by atoms with E-state index in [0.29, 0.717) is 6.54 Å². The maximum atomic E-state index is 11.3. The van der Waals surface area contributed by atoms with E-state index in [1.165, 1.54) is 0 Å². The average Bonchev–Trinajstić information content (AvgIpc) is 2.30. The number of pyridine rings is 1. The van der Waals surface area contributed by atoms with E-state index in [4.69, 9.17) is 0 Å². The van der Waals surface area contributed by atoms with Crippen molar-refractivity contribution in [2.75, 3.05) is 6.54 Å². The van der Waals surface area contributed by atoms with Crippen molar-refractivity contribution in [3.8, 4) is 0 Å². The van der Waals surface area contributed by atoms with Crippen LogP contribution in [-0.4, -0.2) is 33.0 Å². The molecule has 0 radical (unpaired) electrons. The molecule has 1 rings (SSSR count). The molecule has 17 heavy (non-hydrogen) atoms. The lowest BCUT2D eigenvalue weighted by molar-refractivity contribution is -0.150. The third-order valence-corrected chi connectivity index (χ3v) is 3.22. The van der Waals surface area contributed by atoms with Crippen molar-refractivity contribution in [1.82, 2.24) is 9.88 Å². The van der Waals surface area contributed by atoms with Gasteiger partial charge in [-0.25, -0.2) is 0 Å². The van der Waals surface area contributed by atoms with E-state index in [1.807, 2.05) is 30.9 Å². The van der Waals surface area contributed by atoms with E-state index < -0.39 is 11.5 Å². The van der Waals surface area contributed by atoms with Gasteiger partial charge in [0.15, 0.2) is 0 Å². The maximum Gasteiger partial charge on any atom is 0.323 e. The second kappa shape index (κ2) is 5.27. The molecule has 1 aromatic heterocycles. The summed E-state index contributed by atoms with van der Waals surface area (Å²) >= 11 is 0. The molecule has 0 aliphatic carbocycles. The largest absolute Gasteiger partial charge is 0.480 e. The van der Waals surface area contributed by atoms with Crippen molar-refractivity contribution in [3.05, 3.63) is 30.1 Å². The first-order chi connectivity index (χ1) is 7.91. The highest BCUT2D eigenvalue weighted by Gasteiger charge is 2.36. The molecule has 94 valence electrons. The van der Waals surface area contributed by atoms with Crippen LogP contribution in [-0.2, 0) is 4.79 Å². The highest BCUT2D eigenvalue weighted by molar-refractivity contribution is 5.77. The Labute approximate surface area is 102 Å². The van der Waals surface area contributed by atoms with E-state index in [0.717, 1.165) is 5.56 Å². The molecule has 0 aliphatic heterocycles. The number of rotatable bonds is 5. The number of nitrogens with zero attached hydrogens (tertiary/aromatic N) is 2. The van der Waals surface area contributed by atoms with Gasteiger partial charge in [-0.15, -0.1) is 0 Å².